The molecule has 4 nitrogen and oxygen atoms in total. The van der Waals surface area contributed by atoms with Gasteiger partial charge in [0.1, 0.15) is 5.60 Å². The Morgan fingerprint density at radius 2 is 1.00 bits per heavy atom. The summed E-state index contributed by atoms with van der Waals surface area (Å²) in [5, 5.41) is 0. The van der Waals surface area contributed by atoms with Gasteiger partial charge in [0.2, 0.25) is 0 Å². The van der Waals surface area contributed by atoms with Crippen LogP contribution in [0.2, 0.25) is 0 Å². The second kappa shape index (κ2) is 7.61. The minimum Gasteiger partial charge on any atom is -0.230 e. The summed E-state index contributed by atoms with van der Waals surface area (Å²) in [5.41, 5.74) is -1.38. The topological polar surface area (TPSA) is 36.9 Å². The minimum atomic E-state index is -0.380. The Labute approximate surface area is 137 Å². The van der Waals surface area contributed by atoms with Gasteiger partial charge < -0.3 is 0 Å². The molecule has 0 aromatic heterocycles. The molecule has 0 N–H and O–H groups in total. The van der Waals surface area contributed by atoms with Crippen molar-refractivity contribution in [1.29, 1.82) is 0 Å². The smallest absolute Gasteiger partial charge is 0.103 e. The maximum Gasteiger partial charge on any atom is 0.103 e. The second-order valence-electron chi connectivity index (χ2n) is 9.29. The summed E-state index contributed by atoms with van der Waals surface area (Å²) in [7, 11) is 0. The lowest BCUT2D eigenvalue weighted by atomic mass is 9.84. The molecule has 134 valence electrons. The zero-order valence-corrected chi connectivity index (χ0v) is 16.6. The van der Waals surface area contributed by atoms with Gasteiger partial charge in [-0.2, -0.15) is 0 Å². The molecular weight excluding hydrogens is 280 g/mol. The van der Waals surface area contributed by atoms with Gasteiger partial charge >= 0.3 is 0 Å². The van der Waals surface area contributed by atoms with E-state index in [4.69, 9.17) is 19.6 Å². The van der Waals surface area contributed by atoms with Crippen molar-refractivity contribution in [3.8, 4) is 0 Å². The lowest BCUT2D eigenvalue weighted by Crippen LogP contribution is -2.40. The Kier molecular flexibility index (Phi) is 7.55. The first kappa shape index (κ1) is 21.8. The Bertz CT molecular complexity index is 323. The molecule has 0 aromatic carbocycles. The predicted octanol–water partition coefficient (Wildman–Crippen LogP) is 5.45. The van der Waals surface area contributed by atoms with E-state index in [1.807, 2.05) is 55.4 Å². The Hall–Kier alpha value is -0.160. The lowest BCUT2D eigenvalue weighted by molar-refractivity contribution is -0.417. The van der Waals surface area contributed by atoms with Crippen LogP contribution in [0.1, 0.15) is 89.0 Å². The molecule has 0 rings (SSSR count). The summed E-state index contributed by atoms with van der Waals surface area (Å²) >= 11 is 0. The van der Waals surface area contributed by atoms with Crippen LogP contribution in [0, 0.1) is 5.92 Å². The lowest BCUT2D eigenvalue weighted by Gasteiger charge is -2.37. The van der Waals surface area contributed by atoms with E-state index >= 15 is 0 Å². The summed E-state index contributed by atoms with van der Waals surface area (Å²) in [6.07, 6.45) is 1.63. The quantitative estimate of drug-likeness (QED) is 0.440. The van der Waals surface area contributed by atoms with Crippen molar-refractivity contribution in [2.45, 2.75) is 111 Å². The zero-order chi connectivity index (χ0) is 17.8. The van der Waals surface area contributed by atoms with Crippen molar-refractivity contribution in [2.24, 2.45) is 5.92 Å². The zero-order valence-electron chi connectivity index (χ0n) is 16.6. The van der Waals surface area contributed by atoms with E-state index < -0.39 is 0 Å². The second-order valence-corrected chi connectivity index (χ2v) is 9.29. The number of rotatable bonds is 8. The molecule has 1 unspecified atom stereocenters. The molecule has 0 radical (unpaired) electrons. The highest BCUT2D eigenvalue weighted by atomic mass is 17.2. The summed E-state index contributed by atoms with van der Waals surface area (Å²) in [6.45, 7) is 22.3. The number of hydrogen-bond acceptors (Lipinski definition) is 4. The fourth-order valence-corrected chi connectivity index (χ4v) is 1.48. The summed E-state index contributed by atoms with van der Waals surface area (Å²) in [6, 6.07) is 0. The first-order chi connectivity index (χ1) is 9.56. The van der Waals surface area contributed by atoms with Crippen molar-refractivity contribution in [2.75, 3.05) is 0 Å². The molecule has 0 aliphatic carbocycles. The maximum absolute atomic E-state index is 5.80. The number of hydrogen-bond donors (Lipinski definition) is 0. The summed E-state index contributed by atoms with van der Waals surface area (Å²) < 4.78 is 0. The van der Waals surface area contributed by atoms with Gasteiger partial charge in [-0.05, 0) is 81.1 Å². The van der Waals surface area contributed by atoms with Gasteiger partial charge in [-0.3, -0.25) is 0 Å². The highest BCUT2D eigenvalue weighted by Gasteiger charge is 2.36. The van der Waals surface area contributed by atoms with E-state index in [1.54, 1.807) is 0 Å². The molecule has 0 fully saturated rings. The summed E-state index contributed by atoms with van der Waals surface area (Å²) in [5.74, 6) is 0.328. The average molecular weight is 318 g/mol. The van der Waals surface area contributed by atoms with E-state index in [9.17, 15) is 0 Å². The third-order valence-corrected chi connectivity index (χ3v) is 3.44. The van der Waals surface area contributed by atoms with E-state index in [0.717, 1.165) is 12.8 Å². The fourth-order valence-electron chi connectivity index (χ4n) is 1.48. The molecule has 0 heterocycles. The molecule has 4 heteroatoms. The van der Waals surface area contributed by atoms with Gasteiger partial charge in [0.25, 0.3) is 0 Å². The van der Waals surface area contributed by atoms with Gasteiger partial charge in [-0.15, -0.1) is 0 Å². The molecule has 0 spiro atoms. The van der Waals surface area contributed by atoms with Crippen molar-refractivity contribution in [1.82, 2.24) is 0 Å². The van der Waals surface area contributed by atoms with Crippen LogP contribution in [0.4, 0.5) is 0 Å². The Balaban J connectivity index is 4.63. The fraction of sp³-hybridized carbons (Fsp3) is 1.00. The molecule has 0 aliphatic rings. The third kappa shape index (κ3) is 9.78. The van der Waals surface area contributed by atoms with Crippen LogP contribution in [0.15, 0.2) is 0 Å². The molecule has 0 aliphatic heterocycles. The van der Waals surface area contributed by atoms with Crippen LogP contribution in [0.3, 0.4) is 0 Å². The van der Waals surface area contributed by atoms with Crippen LogP contribution >= 0.6 is 0 Å². The molecular formula is C18H38O4. The van der Waals surface area contributed by atoms with Gasteiger partial charge in [0, 0.05) is 0 Å². The monoisotopic (exact) mass is 318 g/mol. The maximum atomic E-state index is 5.80. The van der Waals surface area contributed by atoms with Crippen LogP contribution in [-0.4, -0.2) is 22.4 Å². The van der Waals surface area contributed by atoms with Crippen molar-refractivity contribution in [3.05, 3.63) is 0 Å². The van der Waals surface area contributed by atoms with Crippen molar-refractivity contribution < 1.29 is 19.6 Å². The molecule has 0 bridgehead atoms. The SMILES string of the molecule is CC(C)C(C)(CCC(C)(C)OOC(C)(C)C)OOC(C)(C)C. The van der Waals surface area contributed by atoms with Crippen LogP contribution in [-0.2, 0) is 19.6 Å². The van der Waals surface area contributed by atoms with E-state index in [0.29, 0.717) is 5.92 Å². The third-order valence-electron chi connectivity index (χ3n) is 3.44. The molecule has 0 saturated carbocycles. The predicted molar refractivity (Wildman–Crippen MR) is 90.4 cm³/mol. The van der Waals surface area contributed by atoms with E-state index in [1.165, 1.54) is 0 Å². The van der Waals surface area contributed by atoms with Crippen LogP contribution in [0.25, 0.3) is 0 Å². The Morgan fingerprint density at radius 3 is 1.36 bits per heavy atom. The van der Waals surface area contributed by atoms with Gasteiger partial charge in [-0.1, -0.05) is 13.8 Å². The molecule has 0 aromatic rings. The van der Waals surface area contributed by atoms with Crippen molar-refractivity contribution >= 4 is 0 Å². The standard InChI is InChI=1S/C18H38O4/c1-14(2)18(11,22-20-16(6,7)8)13-12-17(9,10)21-19-15(3,4)5/h14H,12-13H2,1-11H3. The summed E-state index contributed by atoms with van der Waals surface area (Å²) in [4.78, 5) is 22.4. The highest BCUT2D eigenvalue weighted by Crippen LogP contribution is 2.33. The highest BCUT2D eigenvalue weighted by molar-refractivity contribution is 4.82. The Morgan fingerprint density at radius 1 is 0.591 bits per heavy atom. The van der Waals surface area contributed by atoms with Crippen molar-refractivity contribution in [3.63, 3.8) is 0 Å². The first-order valence-electron chi connectivity index (χ1n) is 8.30. The molecule has 0 amide bonds. The van der Waals surface area contributed by atoms with Gasteiger partial charge in [-0.25, -0.2) is 19.6 Å². The van der Waals surface area contributed by atoms with E-state index in [-0.39, 0.29) is 22.4 Å². The largest absolute Gasteiger partial charge is 0.230 e. The molecule has 1 atom stereocenters. The van der Waals surface area contributed by atoms with Gasteiger partial charge in [0.05, 0.1) is 16.8 Å². The minimum absolute atomic E-state index is 0.315. The molecule has 0 saturated heterocycles. The van der Waals surface area contributed by atoms with Crippen LogP contribution in [0.5, 0.6) is 0 Å². The van der Waals surface area contributed by atoms with Gasteiger partial charge in [0.15, 0.2) is 0 Å². The first-order valence-corrected chi connectivity index (χ1v) is 8.30. The molecule has 22 heavy (non-hydrogen) atoms. The van der Waals surface area contributed by atoms with E-state index in [2.05, 4.69) is 20.8 Å². The van der Waals surface area contributed by atoms with Crippen LogP contribution < -0.4 is 0 Å². The average Bonchev–Trinajstić information content (AvgIpc) is 2.30. The normalized spacial score (nSPS) is 16.9.